The quantitative estimate of drug-likeness (QED) is 0.437. The van der Waals surface area contributed by atoms with Crippen LogP contribution in [0.25, 0.3) is 5.57 Å². The first-order valence-corrected chi connectivity index (χ1v) is 10.9. The molecular formula is C26H22Cl2N2O2. The molecule has 0 aromatic heterocycles. The average Bonchev–Trinajstić information content (AvgIpc) is 2.97. The molecule has 0 saturated carbocycles. The number of nitrogens with one attached hydrogen (secondary N) is 1. The zero-order valence-corrected chi connectivity index (χ0v) is 19.5. The third kappa shape index (κ3) is 4.29. The Bertz CT molecular complexity index is 1210. The molecule has 0 bridgehead atoms. The summed E-state index contributed by atoms with van der Waals surface area (Å²) in [4.78, 5) is 28.0. The van der Waals surface area contributed by atoms with Crippen molar-refractivity contribution in [1.82, 2.24) is 0 Å². The van der Waals surface area contributed by atoms with E-state index in [2.05, 4.69) is 26.1 Å². The van der Waals surface area contributed by atoms with E-state index >= 15 is 0 Å². The van der Waals surface area contributed by atoms with Gasteiger partial charge in [-0.2, -0.15) is 0 Å². The molecule has 32 heavy (non-hydrogen) atoms. The van der Waals surface area contributed by atoms with Gasteiger partial charge in [-0.25, -0.2) is 4.90 Å². The van der Waals surface area contributed by atoms with Crippen LogP contribution in [-0.4, -0.2) is 11.8 Å². The van der Waals surface area contributed by atoms with Crippen LogP contribution in [0.4, 0.5) is 11.4 Å². The van der Waals surface area contributed by atoms with Crippen LogP contribution in [0, 0.1) is 0 Å². The summed E-state index contributed by atoms with van der Waals surface area (Å²) in [6, 6.07) is 21.6. The van der Waals surface area contributed by atoms with Crippen molar-refractivity contribution in [2.75, 3.05) is 10.2 Å². The summed E-state index contributed by atoms with van der Waals surface area (Å²) in [7, 11) is 0. The van der Waals surface area contributed by atoms with Crippen LogP contribution in [0.1, 0.15) is 31.9 Å². The second-order valence-electron chi connectivity index (χ2n) is 8.64. The molecule has 3 aromatic carbocycles. The Hall–Kier alpha value is -3.08. The van der Waals surface area contributed by atoms with Crippen molar-refractivity contribution in [3.63, 3.8) is 0 Å². The van der Waals surface area contributed by atoms with Gasteiger partial charge in [0.15, 0.2) is 0 Å². The minimum atomic E-state index is -0.466. The maximum Gasteiger partial charge on any atom is 0.282 e. The van der Waals surface area contributed by atoms with E-state index in [1.165, 1.54) is 5.56 Å². The highest BCUT2D eigenvalue weighted by Gasteiger charge is 2.40. The number of halogens is 2. The average molecular weight is 465 g/mol. The minimum absolute atomic E-state index is 0.00872. The molecule has 2 amide bonds. The van der Waals surface area contributed by atoms with Crippen LogP contribution in [-0.2, 0) is 15.0 Å². The molecule has 3 aromatic rings. The molecule has 0 atom stereocenters. The Kier molecular flexibility index (Phi) is 5.85. The summed E-state index contributed by atoms with van der Waals surface area (Å²) in [6.07, 6.45) is 0. The van der Waals surface area contributed by atoms with E-state index in [-0.39, 0.29) is 11.1 Å². The van der Waals surface area contributed by atoms with E-state index in [4.69, 9.17) is 23.2 Å². The Labute approximate surface area is 197 Å². The predicted molar refractivity (Wildman–Crippen MR) is 131 cm³/mol. The van der Waals surface area contributed by atoms with E-state index in [1.54, 1.807) is 30.3 Å². The number of hydrogen-bond acceptors (Lipinski definition) is 3. The highest BCUT2D eigenvalue weighted by Crippen LogP contribution is 2.36. The highest BCUT2D eigenvalue weighted by atomic mass is 35.5. The van der Waals surface area contributed by atoms with Crippen molar-refractivity contribution in [3.05, 3.63) is 99.7 Å². The largest absolute Gasteiger partial charge is 0.350 e. The summed E-state index contributed by atoms with van der Waals surface area (Å²) in [5, 5.41) is 3.86. The normalized spacial score (nSPS) is 14.3. The summed E-state index contributed by atoms with van der Waals surface area (Å²) in [6.45, 7) is 6.41. The number of hydrogen-bond donors (Lipinski definition) is 1. The van der Waals surface area contributed by atoms with Crippen molar-refractivity contribution >= 4 is 52.0 Å². The van der Waals surface area contributed by atoms with Crippen molar-refractivity contribution in [2.24, 2.45) is 0 Å². The number of carbonyl (C=O) groups is 2. The lowest BCUT2D eigenvalue weighted by Crippen LogP contribution is -2.32. The molecule has 0 aliphatic carbocycles. The smallest absolute Gasteiger partial charge is 0.282 e. The fourth-order valence-corrected chi connectivity index (χ4v) is 4.13. The third-order valence-electron chi connectivity index (χ3n) is 5.27. The van der Waals surface area contributed by atoms with Crippen LogP contribution in [0.3, 0.4) is 0 Å². The highest BCUT2D eigenvalue weighted by molar-refractivity contribution is 6.46. The van der Waals surface area contributed by atoms with Crippen LogP contribution in [0.5, 0.6) is 0 Å². The molecule has 0 fully saturated rings. The molecule has 0 unspecified atom stereocenters. The van der Waals surface area contributed by atoms with Gasteiger partial charge in [0, 0.05) is 15.7 Å². The van der Waals surface area contributed by atoms with E-state index in [9.17, 15) is 9.59 Å². The van der Waals surface area contributed by atoms with Crippen LogP contribution < -0.4 is 10.2 Å². The van der Waals surface area contributed by atoms with E-state index < -0.39 is 11.8 Å². The van der Waals surface area contributed by atoms with Gasteiger partial charge in [0.1, 0.15) is 5.70 Å². The number of rotatable bonds is 4. The van der Waals surface area contributed by atoms with E-state index in [1.807, 2.05) is 42.5 Å². The fraction of sp³-hybridized carbons (Fsp3) is 0.154. The first-order valence-electron chi connectivity index (χ1n) is 10.2. The molecule has 4 nitrogen and oxygen atoms in total. The number of imide groups is 1. The molecule has 0 spiro atoms. The summed E-state index contributed by atoms with van der Waals surface area (Å²) in [5.74, 6) is -0.902. The zero-order chi connectivity index (χ0) is 23.0. The topological polar surface area (TPSA) is 49.4 Å². The molecular weight excluding hydrogens is 443 g/mol. The first-order chi connectivity index (χ1) is 15.1. The monoisotopic (exact) mass is 464 g/mol. The molecule has 6 heteroatoms. The van der Waals surface area contributed by atoms with E-state index in [0.717, 1.165) is 4.90 Å². The summed E-state index contributed by atoms with van der Waals surface area (Å²) >= 11 is 12.3. The Morgan fingerprint density at radius 2 is 1.38 bits per heavy atom. The van der Waals surface area contributed by atoms with Gasteiger partial charge in [-0.15, -0.1) is 0 Å². The SMILES string of the molecule is CC(C)(C)c1ccc(NC2=C(c3ccccc3)C(=O)N(c3cc(Cl)cc(Cl)c3)C2=O)cc1. The molecule has 162 valence electrons. The van der Waals surface area contributed by atoms with Gasteiger partial charge in [0.25, 0.3) is 11.8 Å². The number of anilines is 2. The number of benzene rings is 3. The molecule has 0 saturated heterocycles. The molecule has 0 radical (unpaired) electrons. The fourth-order valence-electron chi connectivity index (χ4n) is 3.62. The second kappa shape index (κ2) is 8.45. The number of nitrogens with zero attached hydrogens (tertiary/aromatic N) is 1. The molecule has 4 rings (SSSR count). The van der Waals surface area contributed by atoms with Crippen LogP contribution in [0.15, 0.2) is 78.5 Å². The molecule has 1 N–H and O–H groups in total. The second-order valence-corrected chi connectivity index (χ2v) is 9.51. The third-order valence-corrected chi connectivity index (χ3v) is 5.71. The maximum absolute atomic E-state index is 13.5. The van der Waals surface area contributed by atoms with Crippen molar-refractivity contribution in [2.45, 2.75) is 26.2 Å². The standard InChI is InChI=1S/C26H22Cl2N2O2/c1-26(2,3)17-9-11-20(12-10-17)29-23-22(16-7-5-4-6-8-16)24(31)30(25(23)32)21-14-18(27)13-19(28)15-21/h4-15,29H,1-3H3. The maximum atomic E-state index is 13.5. The Morgan fingerprint density at radius 1 is 0.781 bits per heavy atom. The lowest BCUT2D eigenvalue weighted by molar-refractivity contribution is -0.120. The molecule has 1 heterocycles. The van der Waals surface area contributed by atoms with Gasteiger partial charge >= 0.3 is 0 Å². The zero-order valence-electron chi connectivity index (χ0n) is 17.9. The Balaban J connectivity index is 1.78. The predicted octanol–water partition coefficient (Wildman–Crippen LogP) is 6.69. The van der Waals surface area contributed by atoms with Gasteiger partial charge in [0.05, 0.1) is 11.3 Å². The first kappa shape index (κ1) is 22.1. The number of carbonyl (C=O) groups excluding carboxylic acids is 2. The van der Waals surface area contributed by atoms with Gasteiger partial charge in [-0.05, 0) is 46.9 Å². The van der Waals surface area contributed by atoms with Crippen molar-refractivity contribution in [1.29, 1.82) is 0 Å². The van der Waals surface area contributed by atoms with Crippen LogP contribution in [0.2, 0.25) is 10.0 Å². The lowest BCUT2D eigenvalue weighted by atomic mass is 9.87. The van der Waals surface area contributed by atoms with E-state index in [0.29, 0.717) is 32.6 Å². The molecule has 1 aliphatic heterocycles. The Morgan fingerprint density at radius 3 is 1.94 bits per heavy atom. The summed E-state index contributed by atoms with van der Waals surface area (Å²) < 4.78 is 0. The van der Waals surface area contributed by atoms with Crippen LogP contribution >= 0.6 is 23.2 Å². The number of amides is 2. The summed E-state index contributed by atoms with van der Waals surface area (Å²) in [5.41, 5.74) is 3.38. The molecule has 1 aliphatic rings. The minimum Gasteiger partial charge on any atom is -0.350 e. The van der Waals surface area contributed by atoms with Gasteiger partial charge in [-0.1, -0.05) is 86.4 Å². The van der Waals surface area contributed by atoms with Crippen molar-refractivity contribution < 1.29 is 9.59 Å². The van der Waals surface area contributed by atoms with Crippen molar-refractivity contribution in [3.8, 4) is 0 Å². The van der Waals surface area contributed by atoms with Gasteiger partial charge in [0.2, 0.25) is 0 Å². The lowest BCUT2D eigenvalue weighted by Gasteiger charge is -2.19. The van der Waals surface area contributed by atoms with Gasteiger partial charge in [-0.3, -0.25) is 9.59 Å². The van der Waals surface area contributed by atoms with Gasteiger partial charge < -0.3 is 5.32 Å².